The zero-order valence-electron chi connectivity index (χ0n) is 12.8. The first kappa shape index (κ1) is 14.4. The van der Waals surface area contributed by atoms with Crippen molar-refractivity contribution in [1.29, 1.82) is 0 Å². The first-order valence-corrected chi connectivity index (χ1v) is 8.13. The van der Waals surface area contributed by atoms with E-state index in [0.717, 1.165) is 36.9 Å². The highest BCUT2D eigenvalue weighted by Crippen LogP contribution is 2.31. The molecular formula is C17H25N3O. The number of nitrogens with one attached hydrogen (secondary N) is 2. The molecule has 0 radical (unpaired) electrons. The third kappa shape index (κ3) is 3.56. The van der Waals surface area contributed by atoms with Gasteiger partial charge in [-0.25, -0.2) is 0 Å². The number of rotatable bonds is 6. The average Bonchev–Trinajstić information content (AvgIpc) is 3.25. The molecule has 4 heteroatoms. The Balaban J connectivity index is 1.52. The summed E-state index contributed by atoms with van der Waals surface area (Å²) >= 11 is 0. The van der Waals surface area contributed by atoms with Crippen molar-refractivity contribution in [1.82, 2.24) is 10.2 Å². The molecule has 1 unspecified atom stereocenters. The Morgan fingerprint density at radius 3 is 2.86 bits per heavy atom. The van der Waals surface area contributed by atoms with E-state index in [1.54, 1.807) is 0 Å². The largest absolute Gasteiger partial charge is 0.385 e. The highest BCUT2D eigenvalue weighted by Gasteiger charge is 2.34. The van der Waals surface area contributed by atoms with E-state index in [0.29, 0.717) is 5.92 Å². The molecule has 1 atom stereocenters. The Morgan fingerprint density at radius 2 is 2.10 bits per heavy atom. The second-order valence-electron chi connectivity index (χ2n) is 6.17. The van der Waals surface area contributed by atoms with E-state index in [4.69, 9.17) is 0 Å². The number of carbonyl (C=O) groups excluding carboxylic acids is 1. The lowest BCUT2D eigenvalue weighted by molar-refractivity contribution is 0.0948. The summed E-state index contributed by atoms with van der Waals surface area (Å²) in [4.78, 5) is 14.9. The highest BCUT2D eigenvalue weighted by molar-refractivity contribution is 5.99. The minimum atomic E-state index is 0.0384. The topological polar surface area (TPSA) is 44.4 Å². The number of amides is 1. The minimum Gasteiger partial charge on any atom is -0.385 e. The van der Waals surface area contributed by atoms with Crippen molar-refractivity contribution in [3.63, 3.8) is 0 Å². The summed E-state index contributed by atoms with van der Waals surface area (Å²) in [7, 11) is 0. The van der Waals surface area contributed by atoms with Crippen molar-refractivity contribution in [2.75, 3.05) is 31.5 Å². The quantitative estimate of drug-likeness (QED) is 0.844. The second kappa shape index (κ2) is 6.48. The Morgan fingerprint density at radius 1 is 1.29 bits per heavy atom. The number of hydrogen-bond acceptors (Lipinski definition) is 3. The fourth-order valence-electron chi connectivity index (χ4n) is 3.16. The van der Waals surface area contributed by atoms with Crippen LogP contribution in [0.3, 0.4) is 0 Å². The maximum atomic E-state index is 12.4. The van der Waals surface area contributed by atoms with Crippen LogP contribution in [0.25, 0.3) is 0 Å². The highest BCUT2D eigenvalue weighted by atomic mass is 16.1. The standard InChI is InChI=1S/C17H25N3O/c1-2-18-16-6-4-3-5-15(16)17(21)19-11-13-9-10-20(12-13)14-7-8-14/h3-6,13-14,18H,2,7-12H2,1H3,(H,19,21). The van der Waals surface area contributed by atoms with Crippen LogP contribution >= 0.6 is 0 Å². The van der Waals surface area contributed by atoms with Gasteiger partial charge in [-0.05, 0) is 50.8 Å². The summed E-state index contributed by atoms with van der Waals surface area (Å²) in [5.41, 5.74) is 1.67. The van der Waals surface area contributed by atoms with E-state index in [2.05, 4.69) is 15.5 Å². The predicted octanol–water partition coefficient (Wildman–Crippen LogP) is 2.33. The van der Waals surface area contributed by atoms with Gasteiger partial charge in [-0.3, -0.25) is 4.79 Å². The van der Waals surface area contributed by atoms with Gasteiger partial charge in [0.05, 0.1) is 5.56 Å². The number of anilines is 1. The monoisotopic (exact) mass is 287 g/mol. The molecule has 1 aliphatic heterocycles. The van der Waals surface area contributed by atoms with Crippen molar-refractivity contribution < 1.29 is 4.79 Å². The Bertz CT molecular complexity index is 499. The molecule has 2 N–H and O–H groups in total. The number of para-hydroxylation sites is 1. The van der Waals surface area contributed by atoms with Gasteiger partial charge in [0.25, 0.3) is 5.91 Å². The molecule has 1 aliphatic carbocycles. The Labute approximate surface area is 126 Å². The van der Waals surface area contributed by atoms with E-state index in [1.165, 1.54) is 25.8 Å². The maximum Gasteiger partial charge on any atom is 0.253 e. The van der Waals surface area contributed by atoms with Crippen LogP contribution in [-0.4, -0.2) is 43.0 Å². The molecule has 0 aromatic heterocycles. The van der Waals surface area contributed by atoms with E-state index in [9.17, 15) is 4.79 Å². The number of carbonyl (C=O) groups is 1. The molecule has 0 spiro atoms. The van der Waals surface area contributed by atoms with Gasteiger partial charge in [0.1, 0.15) is 0 Å². The normalized spacial score (nSPS) is 22.2. The van der Waals surface area contributed by atoms with Gasteiger partial charge >= 0.3 is 0 Å². The zero-order valence-corrected chi connectivity index (χ0v) is 12.8. The molecule has 1 heterocycles. The van der Waals surface area contributed by atoms with Crippen LogP contribution in [0.15, 0.2) is 24.3 Å². The predicted molar refractivity (Wildman–Crippen MR) is 85.6 cm³/mol. The molecule has 3 rings (SSSR count). The van der Waals surface area contributed by atoms with Gasteiger partial charge in [-0.15, -0.1) is 0 Å². The van der Waals surface area contributed by atoms with E-state index < -0.39 is 0 Å². The summed E-state index contributed by atoms with van der Waals surface area (Å²) in [6, 6.07) is 8.57. The van der Waals surface area contributed by atoms with Gasteiger partial charge in [-0.2, -0.15) is 0 Å². The van der Waals surface area contributed by atoms with Crippen LogP contribution in [0.5, 0.6) is 0 Å². The van der Waals surface area contributed by atoms with Crippen molar-refractivity contribution in [2.45, 2.75) is 32.2 Å². The molecule has 114 valence electrons. The third-order valence-electron chi connectivity index (χ3n) is 4.47. The molecule has 1 amide bonds. The summed E-state index contributed by atoms with van der Waals surface area (Å²) < 4.78 is 0. The fraction of sp³-hybridized carbons (Fsp3) is 0.588. The third-order valence-corrected chi connectivity index (χ3v) is 4.47. The first-order chi connectivity index (χ1) is 10.3. The van der Waals surface area contributed by atoms with Gasteiger partial charge in [0.2, 0.25) is 0 Å². The lowest BCUT2D eigenvalue weighted by atomic mass is 10.1. The molecule has 1 aromatic carbocycles. The molecule has 1 saturated carbocycles. The number of hydrogen-bond donors (Lipinski definition) is 2. The lowest BCUT2D eigenvalue weighted by Crippen LogP contribution is -2.31. The summed E-state index contributed by atoms with van der Waals surface area (Å²) in [6.45, 7) is 6.02. The van der Waals surface area contributed by atoms with E-state index in [-0.39, 0.29) is 5.91 Å². The SMILES string of the molecule is CCNc1ccccc1C(=O)NCC1CCN(C2CC2)C1. The molecule has 4 nitrogen and oxygen atoms in total. The average molecular weight is 287 g/mol. The fourth-order valence-corrected chi connectivity index (χ4v) is 3.16. The zero-order chi connectivity index (χ0) is 14.7. The van der Waals surface area contributed by atoms with Gasteiger partial charge in [-0.1, -0.05) is 12.1 Å². The number of nitrogens with zero attached hydrogens (tertiary/aromatic N) is 1. The van der Waals surface area contributed by atoms with Crippen LogP contribution < -0.4 is 10.6 Å². The lowest BCUT2D eigenvalue weighted by Gasteiger charge is -2.16. The number of benzene rings is 1. The van der Waals surface area contributed by atoms with Gasteiger partial charge < -0.3 is 15.5 Å². The second-order valence-corrected chi connectivity index (χ2v) is 6.17. The van der Waals surface area contributed by atoms with Crippen LogP contribution in [0, 0.1) is 5.92 Å². The van der Waals surface area contributed by atoms with Gasteiger partial charge in [0.15, 0.2) is 0 Å². The summed E-state index contributed by atoms with van der Waals surface area (Å²) in [5.74, 6) is 0.650. The van der Waals surface area contributed by atoms with Crippen molar-refractivity contribution in [2.24, 2.45) is 5.92 Å². The number of likely N-dealkylation sites (tertiary alicyclic amines) is 1. The van der Waals surface area contributed by atoms with E-state index in [1.807, 2.05) is 31.2 Å². The molecule has 21 heavy (non-hydrogen) atoms. The van der Waals surface area contributed by atoms with E-state index >= 15 is 0 Å². The Hall–Kier alpha value is -1.55. The van der Waals surface area contributed by atoms with Crippen LogP contribution in [-0.2, 0) is 0 Å². The summed E-state index contributed by atoms with van der Waals surface area (Å²) in [6.07, 6.45) is 3.95. The van der Waals surface area contributed by atoms with Crippen molar-refractivity contribution in [3.8, 4) is 0 Å². The molecular weight excluding hydrogens is 262 g/mol. The van der Waals surface area contributed by atoms with Crippen molar-refractivity contribution in [3.05, 3.63) is 29.8 Å². The molecule has 0 bridgehead atoms. The summed E-state index contributed by atoms with van der Waals surface area (Å²) in [5, 5.41) is 6.36. The van der Waals surface area contributed by atoms with Crippen LogP contribution in [0.2, 0.25) is 0 Å². The van der Waals surface area contributed by atoms with Crippen LogP contribution in [0.1, 0.15) is 36.5 Å². The van der Waals surface area contributed by atoms with Crippen LogP contribution in [0.4, 0.5) is 5.69 Å². The Kier molecular flexibility index (Phi) is 4.44. The first-order valence-electron chi connectivity index (χ1n) is 8.13. The molecule has 1 saturated heterocycles. The van der Waals surface area contributed by atoms with Gasteiger partial charge in [0, 0.05) is 31.4 Å². The molecule has 2 aliphatic rings. The van der Waals surface area contributed by atoms with Crippen molar-refractivity contribution >= 4 is 11.6 Å². The maximum absolute atomic E-state index is 12.4. The molecule has 2 fully saturated rings. The minimum absolute atomic E-state index is 0.0384. The molecule has 1 aromatic rings. The smallest absolute Gasteiger partial charge is 0.253 e.